The molecule has 0 radical (unpaired) electrons. The zero-order valence-electron chi connectivity index (χ0n) is 10.2. The first kappa shape index (κ1) is 14.9. The second kappa shape index (κ2) is 5.87. The van der Waals surface area contributed by atoms with Crippen molar-refractivity contribution in [3.05, 3.63) is 55.4 Å². The zero-order chi connectivity index (χ0) is 14.9. The molecular weight excluding hydrogens is 325 g/mol. The first-order valence-electron chi connectivity index (χ1n) is 5.41. The predicted molar refractivity (Wildman–Crippen MR) is 78.9 cm³/mol. The van der Waals surface area contributed by atoms with Crippen molar-refractivity contribution in [2.24, 2.45) is 0 Å². The summed E-state index contributed by atoms with van der Waals surface area (Å²) in [5.74, 6) is -0.668. The van der Waals surface area contributed by atoms with Crippen molar-refractivity contribution in [1.82, 2.24) is 4.98 Å². The van der Waals surface area contributed by atoms with Gasteiger partial charge in [-0.05, 0) is 18.2 Å². The summed E-state index contributed by atoms with van der Waals surface area (Å²) in [6.45, 7) is 0. The maximum atomic E-state index is 12.1. The van der Waals surface area contributed by atoms with Gasteiger partial charge in [0.25, 0.3) is 5.56 Å². The molecule has 0 saturated carbocycles. The minimum Gasteiger partial charge on any atom is -0.465 e. The Balaban J connectivity index is 2.87. The monoisotopic (exact) mass is 331 g/mol. The van der Waals surface area contributed by atoms with Gasteiger partial charge >= 0.3 is 5.97 Å². The molecule has 104 valence electrons. The Morgan fingerprint density at radius 3 is 2.40 bits per heavy atom. The number of methoxy groups -OCH3 is 1. The molecular formula is C13H8Cl3NO3. The van der Waals surface area contributed by atoms with Crippen molar-refractivity contribution in [1.29, 1.82) is 0 Å². The first-order chi connectivity index (χ1) is 9.47. The fourth-order valence-electron chi connectivity index (χ4n) is 1.76. The number of carbonyl (C=O) groups is 1. The van der Waals surface area contributed by atoms with E-state index in [1.807, 2.05) is 0 Å². The van der Waals surface area contributed by atoms with Crippen LogP contribution in [0.3, 0.4) is 0 Å². The van der Waals surface area contributed by atoms with Gasteiger partial charge in [-0.25, -0.2) is 4.79 Å². The van der Waals surface area contributed by atoms with Crippen LogP contribution in [0.25, 0.3) is 11.1 Å². The molecule has 0 saturated heterocycles. The number of nitrogens with one attached hydrogen (secondary N) is 1. The van der Waals surface area contributed by atoms with Crippen molar-refractivity contribution in [3.63, 3.8) is 0 Å². The summed E-state index contributed by atoms with van der Waals surface area (Å²) in [7, 11) is 1.22. The molecule has 0 amide bonds. The highest BCUT2D eigenvalue weighted by atomic mass is 35.5. The highest BCUT2D eigenvalue weighted by molar-refractivity contribution is 6.46. The van der Waals surface area contributed by atoms with Gasteiger partial charge < -0.3 is 9.72 Å². The Morgan fingerprint density at radius 1 is 1.10 bits per heavy atom. The fourth-order valence-corrected chi connectivity index (χ4v) is 2.48. The third kappa shape index (κ3) is 2.54. The number of H-pyrrole nitrogens is 1. The largest absolute Gasteiger partial charge is 0.465 e. The fraction of sp³-hybridized carbons (Fsp3) is 0.0769. The number of ether oxygens (including phenoxy) is 1. The number of pyridine rings is 1. The Bertz CT molecular complexity index is 740. The number of aromatic nitrogens is 1. The van der Waals surface area contributed by atoms with Crippen LogP contribution in [0.5, 0.6) is 0 Å². The highest BCUT2D eigenvalue weighted by Crippen LogP contribution is 2.38. The molecule has 0 aliphatic carbocycles. The van der Waals surface area contributed by atoms with Crippen molar-refractivity contribution < 1.29 is 9.53 Å². The van der Waals surface area contributed by atoms with E-state index in [9.17, 15) is 9.59 Å². The van der Waals surface area contributed by atoms with E-state index in [1.54, 1.807) is 0 Å². The van der Waals surface area contributed by atoms with E-state index >= 15 is 0 Å². The molecule has 1 aromatic carbocycles. The number of hydrogen-bond donors (Lipinski definition) is 1. The molecule has 20 heavy (non-hydrogen) atoms. The van der Waals surface area contributed by atoms with Crippen LogP contribution >= 0.6 is 34.8 Å². The van der Waals surface area contributed by atoms with Gasteiger partial charge in [0.1, 0.15) is 0 Å². The van der Waals surface area contributed by atoms with Crippen LogP contribution in [0.4, 0.5) is 0 Å². The molecule has 2 rings (SSSR count). The molecule has 0 aliphatic heterocycles. The van der Waals surface area contributed by atoms with Crippen LogP contribution in [-0.4, -0.2) is 18.1 Å². The second-order valence-electron chi connectivity index (χ2n) is 3.81. The van der Waals surface area contributed by atoms with Crippen LogP contribution in [0.1, 0.15) is 10.4 Å². The smallest absolute Gasteiger partial charge is 0.338 e. The lowest BCUT2D eigenvalue weighted by atomic mass is 10.0. The Hall–Kier alpha value is -1.49. The summed E-state index contributed by atoms with van der Waals surface area (Å²) in [4.78, 5) is 26.3. The quantitative estimate of drug-likeness (QED) is 0.672. The van der Waals surface area contributed by atoms with E-state index in [0.29, 0.717) is 0 Å². The average Bonchev–Trinajstić information content (AvgIpc) is 2.44. The lowest BCUT2D eigenvalue weighted by Crippen LogP contribution is -2.15. The van der Waals surface area contributed by atoms with Crippen LogP contribution in [0, 0.1) is 0 Å². The number of esters is 1. The van der Waals surface area contributed by atoms with Crippen LogP contribution < -0.4 is 5.56 Å². The van der Waals surface area contributed by atoms with E-state index in [1.165, 1.54) is 31.5 Å². The molecule has 0 unspecified atom stereocenters. The zero-order valence-corrected chi connectivity index (χ0v) is 12.4. The molecule has 1 aromatic heterocycles. The summed E-state index contributed by atoms with van der Waals surface area (Å²) in [5.41, 5.74) is -0.235. The molecule has 4 nitrogen and oxygen atoms in total. The van der Waals surface area contributed by atoms with Gasteiger partial charge in [-0.3, -0.25) is 4.79 Å². The SMILES string of the molecule is COC(=O)c1cc[nH]c(=O)c1-c1c(Cl)ccc(Cl)c1Cl. The van der Waals surface area contributed by atoms with Gasteiger partial charge in [0.05, 0.1) is 33.3 Å². The number of halogens is 3. The van der Waals surface area contributed by atoms with Crippen molar-refractivity contribution in [3.8, 4) is 11.1 Å². The molecule has 1 N–H and O–H groups in total. The molecule has 0 atom stereocenters. The van der Waals surface area contributed by atoms with Crippen LogP contribution in [0.2, 0.25) is 15.1 Å². The minimum atomic E-state index is -0.668. The van der Waals surface area contributed by atoms with E-state index in [4.69, 9.17) is 34.8 Å². The van der Waals surface area contributed by atoms with Gasteiger partial charge in [-0.2, -0.15) is 0 Å². The average molecular weight is 333 g/mol. The second-order valence-corrected chi connectivity index (χ2v) is 5.00. The van der Waals surface area contributed by atoms with E-state index in [2.05, 4.69) is 9.72 Å². The summed E-state index contributed by atoms with van der Waals surface area (Å²) in [6, 6.07) is 4.42. The van der Waals surface area contributed by atoms with Crippen LogP contribution in [0.15, 0.2) is 29.2 Å². The predicted octanol–water partition coefficient (Wildman–Crippen LogP) is 3.79. The van der Waals surface area contributed by atoms with Crippen LogP contribution in [-0.2, 0) is 4.74 Å². The van der Waals surface area contributed by atoms with Crippen molar-refractivity contribution in [2.45, 2.75) is 0 Å². The summed E-state index contributed by atoms with van der Waals surface area (Å²) in [6.07, 6.45) is 1.34. The first-order valence-corrected chi connectivity index (χ1v) is 6.54. The van der Waals surface area contributed by atoms with Gasteiger partial charge in [-0.15, -0.1) is 0 Å². The van der Waals surface area contributed by atoms with Crippen molar-refractivity contribution in [2.75, 3.05) is 7.11 Å². The minimum absolute atomic E-state index is 0.0249. The molecule has 2 aromatic rings. The Morgan fingerprint density at radius 2 is 1.75 bits per heavy atom. The van der Waals surface area contributed by atoms with Gasteiger partial charge in [0, 0.05) is 11.8 Å². The lowest BCUT2D eigenvalue weighted by Gasteiger charge is -2.11. The van der Waals surface area contributed by atoms with Gasteiger partial charge in [0.2, 0.25) is 0 Å². The molecule has 7 heteroatoms. The number of benzene rings is 1. The maximum Gasteiger partial charge on any atom is 0.338 e. The standard InChI is InChI=1S/C13H8Cl3NO3/c1-20-13(19)6-4-5-17-12(18)9(6)10-7(14)2-3-8(15)11(10)16/h2-5H,1H3,(H,17,18). The summed E-state index contributed by atoms with van der Waals surface area (Å²) in [5, 5.41) is 0.535. The highest BCUT2D eigenvalue weighted by Gasteiger charge is 2.22. The third-order valence-electron chi connectivity index (χ3n) is 2.66. The Kier molecular flexibility index (Phi) is 4.38. The van der Waals surface area contributed by atoms with E-state index in [0.717, 1.165) is 0 Å². The molecule has 0 aliphatic rings. The molecule has 0 fully saturated rings. The molecule has 0 spiro atoms. The molecule has 0 bridgehead atoms. The third-order valence-corrected chi connectivity index (χ3v) is 3.78. The Labute approximate surface area is 129 Å². The maximum absolute atomic E-state index is 12.1. The van der Waals surface area contributed by atoms with E-state index < -0.39 is 11.5 Å². The molecule has 1 heterocycles. The van der Waals surface area contributed by atoms with Crippen molar-refractivity contribution >= 4 is 40.8 Å². The lowest BCUT2D eigenvalue weighted by molar-refractivity contribution is 0.0601. The number of aromatic amines is 1. The van der Waals surface area contributed by atoms with E-state index in [-0.39, 0.29) is 31.8 Å². The number of rotatable bonds is 2. The normalized spacial score (nSPS) is 10.4. The number of hydrogen-bond acceptors (Lipinski definition) is 3. The van der Waals surface area contributed by atoms with Gasteiger partial charge in [-0.1, -0.05) is 34.8 Å². The van der Waals surface area contributed by atoms with Gasteiger partial charge in [0.15, 0.2) is 0 Å². The number of carbonyl (C=O) groups excluding carboxylic acids is 1. The summed E-state index contributed by atoms with van der Waals surface area (Å²) >= 11 is 18.1. The topological polar surface area (TPSA) is 59.2 Å². The summed E-state index contributed by atoms with van der Waals surface area (Å²) < 4.78 is 4.65.